The van der Waals surface area contributed by atoms with Gasteiger partial charge in [0.15, 0.2) is 0 Å². The predicted octanol–water partition coefficient (Wildman–Crippen LogP) is 2.27. The first-order valence-electron chi connectivity index (χ1n) is 7.24. The van der Waals surface area contributed by atoms with E-state index in [1.54, 1.807) is 7.11 Å². The normalized spacial score (nSPS) is 19.1. The molecule has 0 aromatic rings. The van der Waals surface area contributed by atoms with E-state index in [0.717, 1.165) is 19.2 Å². The quantitative estimate of drug-likeness (QED) is 0.628. The topological polar surface area (TPSA) is 24.5 Å². The Kier molecular flexibility index (Phi) is 7.82. The molecular weight excluding hydrogens is 212 g/mol. The van der Waals surface area contributed by atoms with Gasteiger partial charge in [0.05, 0.1) is 6.61 Å². The van der Waals surface area contributed by atoms with E-state index in [9.17, 15) is 0 Å². The summed E-state index contributed by atoms with van der Waals surface area (Å²) < 4.78 is 5.22. The third-order valence-electron chi connectivity index (χ3n) is 3.85. The molecule has 0 aliphatic heterocycles. The van der Waals surface area contributed by atoms with Gasteiger partial charge in [-0.1, -0.05) is 19.8 Å². The molecule has 1 atom stereocenters. The van der Waals surface area contributed by atoms with Crippen molar-refractivity contribution in [3.8, 4) is 0 Å². The van der Waals surface area contributed by atoms with Crippen LogP contribution < -0.4 is 5.32 Å². The lowest BCUT2D eigenvalue weighted by Gasteiger charge is -2.27. The van der Waals surface area contributed by atoms with Crippen molar-refractivity contribution in [3.05, 3.63) is 0 Å². The maximum absolute atomic E-state index is 5.22. The van der Waals surface area contributed by atoms with Crippen LogP contribution in [0, 0.1) is 0 Å². The summed E-state index contributed by atoms with van der Waals surface area (Å²) in [7, 11) is 1.78. The summed E-state index contributed by atoms with van der Waals surface area (Å²) in [5, 5.41) is 3.67. The monoisotopic (exact) mass is 242 g/mol. The number of likely N-dealkylation sites (N-methyl/N-ethyl adjacent to an activating group) is 1. The van der Waals surface area contributed by atoms with Crippen molar-refractivity contribution >= 4 is 0 Å². The van der Waals surface area contributed by atoms with E-state index in [2.05, 4.69) is 24.1 Å². The van der Waals surface area contributed by atoms with Crippen LogP contribution in [0.25, 0.3) is 0 Å². The summed E-state index contributed by atoms with van der Waals surface area (Å²) >= 11 is 0. The van der Waals surface area contributed by atoms with Crippen LogP contribution >= 0.6 is 0 Å². The molecule has 0 aromatic heterocycles. The molecule has 0 spiro atoms. The third-order valence-corrected chi connectivity index (χ3v) is 3.85. The lowest BCUT2D eigenvalue weighted by atomic mass is 10.2. The number of rotatable bonds is 9. The molecule has 102 valence electrons. The number of nitrogens with zero attached hydrogens (tertiary/aromatic N) is 1. The van der Waals surface area contributed by atoms with Crippen molar-refractivity contribution in [1.29, 1.82) is 0 Å². The molecule has 3 nitrogen and oxygen atoms in total. The zero-order valence-corrected chi connectivity index (χ0v) is 11.9. The second-order valence-corrected chi connectivity index (χ2v) is 5.22. The first-order chi connectivity index (χ1) is 8.27. The van der Waals surface area contributed by atoms with Gasteiger partial charge < -0.3 is 10.1 Å². The molecule has 0 bridgehead atoms. The average molecular weight is 242 g/mol. The van der Waals surface area contributed by atoms with Gasteiger partial charge in [-0.2, -0.15) is 0 Å². The van der Waals surface area contributed by atoms with E-state index in [4.69, 9.17) is 4.74 Å². The second kappa shape index (κ2) is 8.90. The lowest BCUT2D eigenvalue weighted by Crippen LogP contribution is -2.38. The molecule has 0 saturated heterocycles. The fourth-order valence-corrected chi connectivity index (χ4v) is 2.76. The number of ether oxygens (including phenoxy) is 1. The standard InChI is InChI=1S/C14H30N2O/c1-4-16(13(2)12-17-3)11-7-10-15-14-8-5-6-9-14/h13-15H,4-12H2,1-3H3. The minimum absolute atomic E-state index is 0.538. The highest BCUT2D eigenvalue weighted by Crippen LogP contribution is 2.17. The number of hydrogen-bond donors (Lipinski definition) is 1. The fraction of sp³-hybridized carbons (Fsp3) is 1.00. The number of methoxy groups -OCH3 is 1. The maximum atomic E-state index is 5.22. The Morgan fingerprint density at radius 3 is 2.65 bits per heavy atom. The molecule has 1 aliphatic rings. The smallest absolute Gasteiger partial charge is 0.0615 e. The molecule has 0 aromatic carbocycles. The van der Waals surface area contributed by atoms with E-state index in [1.807, 2.05) is 0 Å². The van der Waals surface area contributed by atoms with E-state index in [-0.39, 0.29) is 0 Å². The lowest BCUT2D eigenvalue weighted by molar-refractivity contribution is 0.102. The number of hydrogen-bond acceptors (Lipinski definition) is 3. The molecule has 3 heteroatoms. The highest BCUT2D eigenvalue weighted by atomic mass is 16.5. The van der Waals surface area contributed by atoms with E-state index in [1.165, 1.54) is 45.2 Å². The van der Waals surface area contributed by atoms with Crippen LogP contribution in [0.1, 0.15) is 46.0 Å². The minimum atomic E-state index is 0.538. The number of nitrogens with one attached hydrogen (secondary N) is 1. The highest BCUT2D eigenvalue weighted by Gasteiger charge is 2.14. The first-order valence-corrected chi connectivity index (χ1v) is 7.24. The summed E-state index contributed by atoms with van der Waals surface area (Å²) in [6, 6.07) is 1.35. The largest absolute Gasteiger partial charge is 0.383 e. The Balaban J connectivity index is 2.05. The van der Waals surface area contributed by atoms with Crippen LogP contribution in [0.2, 0.25) is 0 Å². The Morgan fingerprint density at radius 2 is 2.06 bits per heavy atom. The molecule has 1 saturated carbocycles. The molecule has 1 N–H and O–H groups in total. The minimum Gasteiger partial charge on any atom is -0.383 e. The van der Waals surface area contributed by atoms with Gasteiger partial charge in [-0.25, -0.2) is 0 Å². The van der Waals surface area contributed by atoms with Gasteiger partial charge in [-0.05, 0) is 45.8 Å². The average Bonchev–Trinajstić information content (AvgIpc) is 2.82. The summed E-state index contributed by atoms with van der Waals surface area (Å²) in [6.45, 7) is 8.79. The van der Waals surface area contributed by atoms with Crippen LogP contribution in [-0.4, -0.2) is 50.3 Å². The Hall–Kier alpha value is -0.120. The van der Waals surface area contributed by atoms with E-state index >= 15 is 0 Å². The van der Waals surface area contributed by atoms with Gasteiger partial charge in [0.1, 0.15) is 0 Å². The molecule has 17 heavy (non-hydrogen) atoms. The molecular formula is C14H30N2O. The zero-order valence-electron chi connectivity index (χ0n) is 11.9. The molecule has 1 unspecified atom stereocenters. The third kappa shape index (κ3) is 5.84. The molecule has 1 fully saturated rings. The summed E-state index contributed by atoms with van der Waals surface area (Å²) in [4.78, 5) is 2.50. The molecule has 1 rings (SSSR count). The van der Waals surface area contributed by atoms with Crippen LogP contribution in [0.3, 0.4) is 0 Å². The Morgan fingerprint density at radius 1 is 1.35 bits per heavy atom. The Bertz CT molecular complexity index is 181. The van der Waals surface area contributed by atoms with Gasteiger partial charge >= 0.3 is 0 Å². The van der Waals surface area contributed by atoms with E-state index in [0.29, 0.717) is 6.04 Å². The predicted molar refractivity (Wildman–Crippen MR) is 73.5 cm³/mol. The van der Waals surface area contributed by atoms with Crippen molar-refractivity contribution in [1.82, 2.24) is 10.2 Å². The molecule has 0 radical (unpaired) electrons. The van der Waals surface area contributed by atoms with Gasteiger partial charge in [0.2, 0.25) is 0 Å². The molecule has 0 heterocycles. The van der Waals surface area contributed by atoms with Crippen molar-refractivity contribution in [3.63, 3.8) is 0 Å². The van der Waals surface area contributed by atoms with Gasteiger partial charge in [0, 0.05) is 19.2 Å². The molecule has 0 amide bonds. The highest BCUT2D eigenvalue weighted by molar-refractivity contribution is 4.74. The van der Waals surface area contributed by atoms with Crippen LogP contribution in [0.15, 0.2) is 0 Å². The summed E-state index contributed by atoms with van der Waals surface area (Å²) in [5.41, 5.74) is 0. The first kappa shape index (κ1) is 14.9. The van der Waals surface area contributed by atoms with Crippen molar-refractivity contribution < 1.29 is 4.74 Å². The van der Waals surface area contributed by atoms with Crippen molar-refractivity contribution in [2.24, 2.45) is 0 Å². The van der Waals surface area contributed by atoms with Crippen molar-refractivity contribution in [2.45, 2.75) is 58.0 Å². The van der Waals surface area contributed by atoms with Gasteiger partial charge in [-0.3, -0.25) is 4.90 Å². The van der Waals surface area contributed by atoms with Crippen molar-refractivity contribution in [2.75, 3.05) is 33.4 Å². The van der Waals surface area contributed by atoms with Crippen LogP contribution in [0.5, 0.6) is 0 Å². The zero-order chi connectivity index (χ0) is 12.5. The SMILES string of the molecule is CCN(CCCNC1CCCC1)C(C)COC. The van der Waals surface area contributed by atoms with E-state index < -0.39 is 0 Å². The maximum Gasteiger partial charge on any atom is 0.0615 e. The van der Waals surface area contributed by atoms with Crippen LogP contribution in [0.4, 0.5) is 0 Å². The second-order valence-electron chi connectivity index (χ2n) is 5.22. The van der Waals surface area contributed by atoms with Gasteiger partial charge in [-0.15, -0.1) is 0 Å². The van der Waals surface area contributed by atoms with Crippen LogP contribution in [-0.2, 0) is 4.74 Å². The summed E-state index contributed by atoms with van der Waals surface area (Å²) in [5.74, 6) is 0. The molecule has 1 aliphatic carbocycles. The summed E-state index contributed by atoms with van der Waals surface area (Å²) in [6.07, 6.45) is 6.86. The fourth-order valence-electron chi connectivity index (χ4n) is 2.76. The van der Waals surface area contributed by atoms with Gasteiger partial charge in [0.25, 0.3) is 0 Å². The Labute approximate surface area is 107 Å².